The van der Waals surface area contributed by atoms with Gasteiger partial charge in [0.2, 0.25) is 0 Å². The normalized spacial score (nSPS) is 25.0. The Bertz CT molecular complexity index is 539. The second-order valence-corrected chi connectivity index (χ2v) is 6.67. The summed E-state index contributed by atoms with van der Waals surface area (Å²) in [5.74, 6) is 1.63. The molecule has 1 aromatic heterocycles. The predicted molar refractivity (Wildman–Crippen MR) is 86.1 cm³/mol. The van der Waals surface area contributed by atoms with Gasteiger partial charge in [-0.05, 0) is 52.4 Å². The highest BCUT2D eigenvalue weighted by atomic mass is 16.5. The van der Waals surface area contributed by atoms with Crippen molar-refractivity contribution in [1.29, 1.82) is 0 Å². The molecule has 0 saturated carbocycles. The Hall–Kier alpha value is -1.63. The summed E-state index contributed by atoms with van der Waals surface area (Å²) in [4.78, 5) is 16.7. The number of aryl methyl sites for hydroxylation is 2. The van der Waals surface area contributed by atoms with Crippen LogP contribution in [0.4, 0.5) is 4.79 Å². The van der Waals surface area contributed by atoms with Crippen molar-refractivity contribution in [3.05, 3.63) is 11.6 Å². The second-order valence-electron chi connectivity index (χ2n) is 6.67. The molecule has 2 N–H and O–H groups in total. The standard InChI is InChI=1S/C16H27N5O2/c1-11(7-8-13-5-4-10-23-13)17-16(22)19-14-6-3-9-21-15(14)18-12(2)20-21/h11,13-14H,3-10H2,1-2H3,(H2,17,19,22)/t11-,13+,14-/m0/s1. The first-order valence-corrected chi connectivity index (χ1v) is 8.72. The molecule has 0 spiro atoms. The van der Waals surface area contributed by atoms with E-state index in [1.54, 1.807) is 0 Å². The summed E-state index contributed by atoms with van der Waals surface area (Å²) < 4.78 is 7.53. The quantitative estimate of drug-likeness (QED) is 0.870. The van der Waals surface area contributed by atoms with Gasteiger partial charge in [0.25, 0.3) is 0 Å². The van der Waals surface area contributed by atoms with Crippen molar-refractivity contribution in [1.82, 2.24) is 25.4 Å². The summed E-state index contributed by atoms with van der Waals surface area (Å²) in [7, 11) is 0. The Labute approximate surface area is 137 Å². The van der Waals surface area contributed by atoms with Crippen molar-refractivity contribution in [2.24, 2.45) is 0 Å². The van der Waals surface area contributed by atoms with E-state index in [-0.39, 0.29) is 18.1 Å². The Morgan fingerprint density at radius 2 is 2.30 bits per heavy atom. The fraction of sp³-hybridized carbons (Fsp3) is 0.812. The summed E-state index contributed by atoms with van der Waals surface area (Å²) in [6.07, 6.45) is 6.56. The monoisotopic (exact) mass is 321 g/mol. The SMILES string of the molecule is Cc1nc2n(n1)CCC[C@@H]2NC(=O)N[C@@H](C)CC[C@H]1CCCO1. The molecule has 23 heavy (non-hydrogen) atoms. The third-order valence-corrected chi connectivity index (χ3v) is 4.61. The zero-order valence-electron chi connectivity index (χ0n) is 14.0. The minimum absolute atomic E-state index is 0.0460. The van der Waals surface area contributed by atoms with Crippen LogP contribution < -0.4 is 10.6 Å². The van der Waals surface area contributed by atoms with E-state index < -0.39 is 0 Å². The Morgan fingerprint density at radius 1 is 1.43 bits per heavy atom. The summed E-state index contributed by atoms with van der Waals surface area (Å²) >= 11 is 0. The Morgan fingerprint density at radius 3 is 3.09 bits per heavy atom. The lowest BCUT2D eigenvalue weighted by Crippen LogP contribution is -2.44. The van der Waals surface area contributed by atoms with Crippen molar-refractivity contribution in [2.75, 3.05) is 6.61 Å². The molecule has 0 bridgehead atoms. The fourth-order valence-electron chi connectivity index (χ4n) is 3.41. The van der Waals surface area contributed by atoms with Crippen LogP contribution >= 0.6 is 0 Å². The number of nitrogens with one attached hydrogen (secondary N) is 2. The molecule has 1 saturated heterocycles. The van der Waals surface area contributed by atoms with Crippen LogP contribution in [-0.2, 0) is 11.3 Å². The molecule has 0 aromatic carbocycles. The number of fused-ring (bicyclic) bond motifs is 1. The summed E-state index contributed by atoms with van der Waals surface area (Å²) in [5, 5.41) is 10.4. The van der Waals surface area contributed by atoms with Crippen LogP contribution in [0.2, 0.25) is 0 Å². The minimum Gasteiger partial charge on any atom is -0.378 e. The van der Waals surface area contributed by atoms with Crippen LogP contribution in [0.25, 0.3) is 0 Å². The molecule has 128 valence electrons. The number of carbonyl (C=O) groups excluding carboxylic acids is 1. The van der Waals surface area contributed by atoms with Gasteiger partial charge in [0.1, 0.15) is 11.6 Å². The first-order valence-electron chi connectivity index (χ1n) is 8.72. The largest absolute Gasteiger partial charge is 0.378 e. The third-order valence-electron chi connectivity index (χ3n) is 4.61. The molecule has 0 aliphatic carbocycles. The third kappa shape index (κ3) is 4.22. The first kappa shape index (κ1) is 16.2. The smallest absolute Gasteiger partial charge is 0.315 e. The molecular formula is C16H27N5O2. The lowest BCUT2D eigenvalue weighted by molar-refractivity contribution is 0.100. The van der Waals surface area contributed by atoms with Gasteiger partial charge >= 0.3 is 6.03 Å². The number of urea groups is 1. The number of ether oxygens (including phenoxy) is 1. The molecule has 2 aliphatic heterocycles. The maximum atomic E-state index is 12.2. The van der Waals surface area contributed by atoms with Gasteiger partial charge in [0.05, 0.1) is 12.1 Å². The molecule has 2 amide bonds. The molecule has 3 rings (SSSR count). The molecule has 3 atom stereocenters. The average Bonchev–Trinajstić information content (AvgIpc) is 3.13. The van der Waals surface area contributed by atoms with E-state index in [0.29, 0.717) is 6.10 Å². The number of hydrogen-bond acceptors (Lipinski definition) is 4. The number of rotatable bonds is 5. The molecule has 7 heteroatoms. The molecule has 1 aromatic rings. The zero-order chi connectivity index (χ0) is 16.2. The summed E-state index contributed by atoms with van der Waals surface area (Å²) in [5.41, 5.74) is 0. The topological polar surface area (TPSA) is 81.1 Å². The minimum atomic E-state index is -0.121. The number of carbonyl (C=O) groups is 1. The van der Waals surface area contributed by atoms with Gasteiger partial charge in [-0.2, -0.15) is 5.10 Å². The Balaban J connectivity index is 1.45. The van der Waals surface area contributed by atoms with Crippen molar-refractivity contribution < 1.29 is 9.53 Å². The van der Waals surface area contributed by atoms with Gasteiger partial charge < -0.3 is 15.4 Å². The maximum Gasteiger partial charge on any atom is 0.315 e. The molecule has 1 fully saturated rings. The lowest BCUT2D eigenvalue weighted by Gasteiger charge is -2.24. The van der Waals surface area contributed by atoms with Crippen LogP contribution in [-0.4, -0.2) is 39.5 Å². The molecular weight excluding hydrogens is 294 g/mol. The second kappa shape index (κ2) is 7.29. The van der Waals surface area contributed by atoms with Gasteiger partial charge in [0.15, 0.2) is 0 Å². The van der Waals surface area contributed by atoms with Crippen molar-refractivity contribution in [2.45, 2.75) is 77.1 Å². The van der Waals surface area contributed by atoms with E-state index >= 15 is 0 Å². The molecule has 2 aliphatic rings. The summed E-state index contributed by atoms with van der Waals surface area (Å²) in [6.45, 7) is 5.69. The van der Waals surface area contributed by atoms with Crippen LogP contribution in [0.5, 0.6) is 0 Å². The molecule has 3 heterocycles. The predicted octanol–water partition coefficient (Wildman–Crippen LogP) is 2.07. The highest BCUT2D eigenvalue weighted by molar-refractivity contribution is 5.74. The Kier molecular flexibility index (Phi) is 5.15. The van der Waals surface area contributed by atoms with Crippen LogP contribution in [0, 0.1) is 6.92 Å². The van der Waals surface area contributed by atoms with Gasteiger partial charge in [0, 0.05) is 19.2 Å². The van der Waals surface area contributed by atoms with E-state index in [1.807, 2.05) is 18.5 Å². The fourth-order valence-corrected chi connectivity index (χ4v) is 3.41. The van der Waals surface area contributed by atoms with Gasteiger partial charge in [-0.25, -0.2) is 14.5 Å². The highest BCUT2D eigenvalue weighted by Crippen LogP contribution is 2.23. The zero-order valence-corrected chi connectivity index (χ0v) is 14.0. The van der Waals surface area contributed by atoms with E-state index in [1.165, 1.54) is 0 Å². The average molecular weight is 321 g/mol. The van der Waals surface area contributed by atoms with Crippen LogP contribution in [0.15, 0.2) is 0 Å². The lowest BCUT2D eigenvalue weighted by atomic mass is 10.1. The van der Waals surface area contributed by atoms with Crippen molar-refractivity contribution in [3.8, 4) is 0 Å². The van der Waals surface area contributed by atoms with E-state index in [0.717, 1.165) is 63.3 Å². The molecule has 7 nitrogen and oxygen atoms in total. The van der Waals surface area contributed by atoms with Crippen molar-refractivity contribution in [3.63, 3.8) is 0 Å². The molecule has 0 unspecified atom stereocenters. The van der Waals surface area contributed by atoms with E-state index in [4.69, 9.17) is 4.74 Å². The van der Waals surface area contributed by atoms with Crippen molar-refractivity contribution >= 4 is 6.03 Å². The summed E-state index contributed by atoms with van der Waals surface area (Å²) in [6, 6.07) is -0.0262. The molecule has 0 radical (unpaired) electrons. The van der Waals surface area contributed by atoms with Crippen LogP contribution in [0.1, 0.15) is 63.1 Å². The number of amides is 2. The number of hydrogen-bond donors (Lipinski definition) is 2. The number of nitrogens with zero attached hydrogens (tertiary/aromatic N) is 3. The van der Waals surface area contributed by atoms with Crippen LogP contribution in [0.3, 0.4) is 0 Å². The maximum absolute atomic E-state index is 12.2. The van der Waals surface area contributed by atoms with Gasteiger partial charge in [-0.1, -0.05) is 0 Å². The number of aromatic nitrogens is 3. The van der Waals surface area contributed by atoms with E-state index in [2.05, 4.69) is 20.7 Å². The van der Waals surface area contributed by atoms with Gasteiger partial charge in [-0.15, -0.1) is 0 Å². The van der Waals surface area contributed by atoms with Gasteiger partial charge in [-0.3, -0.25) is 0 Å². The first-order chi connectivity index (χ1) is 11.1. The van der Waals surface area contributed by atoms with E-state index in [9.17, 15) is 4.79 Å². The highest BCUT2D eigenvalue weighted by Gasteiger charge is 2.25.